The van der Waals surface area contributed by atoms with Crippen molar-refractivity contribution in [2.75, 3.05) is 6.61 Å². The summed E-state index contributed by atoms with van der Waals surface area (Å²) in [6.45, 7) is 24.3. The number of rotatable bonds is 11. The van der Waals surface area contributed by atoms with Crippen molar-refractivity contribution >= 4 is 36.1 Å². The Hall–Kier alpha value is -1.92. The van der Waals surface area contributed by atoms with Crippen LogP contribution in [0.2, 0.25) is 58.9 Å². The van der Waals surface area contributed by atoms with Crippen molar-refractivity contribution in [1.29, 1.82) is 0 Å². The number of allylic oxidation sites excluding steroid dienone is 1. The van der Waals surface area contributed by atoms with E-state index in [4.69, 9.17) is 22.7 Å². The molecule has 0 fully saturated rings. The van der Waals surface area contributed by atoms with Gasteiger partial charge < -0.3 is 22.7 Å². The summed E-state index contributed by atoms with van der Waals surface area (Å²) >= 11 is 0. The number of benzene rings is 1. The third-order valence-electron chi connectivity index (χ3n) is 6.57. The zero-order valence-electron chi connectivity index (χ0n) is 25.8. The van der Waals surface area contributed by atoms with Crippen molar-refractivity contribution in [2.24, 2.45) is 5.92 Å². The van der Waals surface area contributed by atoms with Crippen molar-refractivity contribution in [3.05, 3.63) is 65.1 Å². The molecule has 0 saturated heterocycles. The zero-order valence-corrected chi connectivity index (χ0v) is 28.8. The highest BCUT2D eigenvalue weighted by molar-refractivity contribution is 6.88. The first-order valence-electron chi connectivity index (χ1n) is 14.0. The van der Waals surface area contributed by atoms with Crippen LogP contribution < -0.4 is 5.38 Å². The van der Waals surface area contributed by atoms with Gasteiger partial charge in [0.05, 0.1) is 30.8 Å². The van der Waals surface area contributed by atoms with Gasteiger partial charge in [0, 0.05) is 5.56 Å². The Morgan fingerprint density at radius 2 is 1.62 bits per heavy atom. The molecular weight excluding hydrogens is 541 g/mol. The highest BCUT2D eigenvalue weighted by Gasteiger charge is 2.61. The van der Waals surface area contributed by atoms with E-state index in [9.17, 15) is 4.79 Å². The van der Waals surface area contributed by atoms with Crippen molar-refractivity contribution in [3.63, 3.8) is 0 Å². The van der Waals surface area contributed by atoms with Gasteiger partial charge in [-0.05, 0) is 76.8 Å². The maximum Gasteiger partial charge on any atom is 0.312 e. The van der Waals surface area contributed by atoms with Crippen molar-refractivity contribution < 1.29 is 27.5 Å². The van der Waals surface area contributed by atoms with Gasteiger partial charge in [-0.1, -0.05) is 50.0 Å². The number of carbonyl (C=O) groups excluding carboxylic acids is 1. The minimum Gasteiger partial charge on any atom is -0.545 e. The summed E-state index contributed by atoms with van der Waals surface area (Å²) in [6.07, 6.45) is 1.54. The highest BCUT2D eigenvalue weighted by Crippen LogP contribution is 2.51. The molecule has 0 saturated carbocycles. The van der Waals surface area contributed by atoms with E-state index in [2.05, 4.69) is 58.9 Å². The number of ether oxygens (including phenoxy) is 2. The van der Waals surface area contributed by atoms with Crippen LogP contribution in [0.25, 0.3) is 0 Å². The lowest BCUT2D eigenvalue weighted by Gasteiger charge is -2.52. The molecule has 39 heavy (non-hydrogen) atoms. The molecule has 0 amide bonds. The number of furan rings is 1. The van der Waals surface area contributed by atoms with Gasteiger partial charge in [-0.2, -0.15) is 0 Å². The number of esters is 1. The van der Waals surface area contributed by atoms with E-state index in [-0.39, 0.29) is 5.97 Å². The minimum atomic E-state index is -2.31. The van der Waals surface area contributed by atoms with Crippen LogP contribution >= 0.6 is 0 Å². The van der Waals surface area contributed by atoms with Crippen LogP contribution in [0.15, 0.2) is 58.4 Å². The Morgan fingerprint density at radius 3 is 2.15 bits per heavy atom. The zero-order chi connectivity index (χ0) is 29.2. The molecule has 9 heteroatoms. The number of hydrogen-bond acceptors (Lipinski definition) is 6. The van der Waals surface area contributed by atoms with Crippen molar-refractivity contribution in [3.8, 4) is 0 Å². The minimum absolute atomic E-state index is 0.279. The standard InChI is InChI=1S/C30H48O6Si3/c1-12-32-28(31)25-20-22(2)26(35-38(6,7)8)27(34-21-23-16-14-13-15-17-23)30(25,36-39(9,10)11)24-18-19-33-29(24)37(3,4)5/h13-19,25,27H,12,20-21H2,1-11H3/t25-,27-,30+/m0/s1. The molecule has 1 aromatic carbocycles. The van der Waals surface area contributed by atoms with Gasteiger partial charge in [0.2, 0.25) is 8.32 Å². The molecule has 1 aliphatic carbocycles. The Balaban J connectivity index is 2.39. The summed E-state index contributed by atoms with van der Waals surface area (Å²) < 4.78 is 33.0. The summed E-state index contributed by atoms with van der Waals surface area (Å²) in [6, 6.07) is 12.1. The molecule has 0 aliphatic heterocycles. The second-order valence-electron chi connectivity index (χ2n) is 13.5. The van der Waals surface area contributed by atoms with Gasteiger partial charge in [-0.15, -0.1) is 0 Å². The molecule has 0 radical (unpaired) electrons. The smallest absolute Gasteiger partial charge is 0.312 e. The van der Waals surface area contributed by atoms with Crippen LogP contribution in [0.4, 0.5) is 0 Å². The number of hydrogen-bond donors (Lipinski definition) is 0. The van der Waals surface area contributed by atoms with Gasteiger partial charge >= 0.3 is 5.97 Å². The van der Waals surface area contributed by atoms with Crippen LogP contribution in [0.5, 0.6) is 0 Å². The highest BCUT2D eigenvalue weighted by atomic mass is 28.4. The molecule has 1 aliphatic rings. The molecular formula is C30H48O6Si3. The Kier molecular flexibility index (Phi) is 9.65. The molecule has 2 aromatic rings. The fraction of sp³-hybridized carbons (Fsp3) is 0.567. The number of carbonyl (C=O) groups is 1. The third kappa shape index (κ3) is 7.43. The Morgan fingerprint density at radius 1 is 0.974 bits per heavy atom. The monoisotopic (exact) mass is 588 g/mol. The largest absolute Gasteiger partial charge is 0.545 e. The molecule has 0 N–H and O–H groups in total. The van der Waals surface area contributed by atoms with E-state index in [1.54, 1.807) is 6.26 Å². The van der Waals surface area contributed by atoms with Crippen LogP contribution in [-0.4, -0.2) is 43.4 Å². The van der Waals surface area contributed by atoms with E-state index in [1.165, 1.54) is 0 Å². The van der Waals surface area contributed by atoms with Gasteiger partial charge in [-0.25, -0.2) is 0 Å². The fourth-order valence-electron chi connectivity index (χ4n) is 5.30. The predicted octanol–water partition coefficient (Wildman–Crippen LogP) is 7.17. The molecule has 3 atom stereocenters. The second-order valence-corrected chi connectivity index (χ2v) is 27.3. The van der Waals surface area contributed by atoms with Gasteiger partial charge in [0.25, 0.3) is 0 Å². The van der Waals surface area contributed by atoms with Gasteiger partial charge in [0.1, 0.15) is 25.5 Å². The summed E-state index contributed by atoms with van der Waals surface area (Å²) in [5.41, 5.74) is 1.77. The van der Waals surface area contributed by atoms with Gasteiger partial charge in [-0.3, -0.25) is 4.79 Å². The Labute approximate surface area is 238 Å². The van der Waals surface area contributed by atoms with Gasteiger partial charge in [0.15, 0.2) is 8.32 Å². The fourth-order valence-corrected chi connectivity index (χ4v) is 9.12. The summed E-state index contributed by atoms with van der Waals surface area (Å²) in [7, 11) is -6.38. The predicted molar refractivity (Wildman–Crippen MR) is 165 cm³/mol. The SMILES string of the molecule is CCOC(=O)[C@@H]1CC(C)=C(O[Si](C)(C)C)[C@H](OCc2ccccc2)[C@@]1(O[Si](C)(C)C)c1ccoc1[Si](C)(C)C. The molecule has 6 nitrogen and oxygen atoms in total. The molecule has 0 unspecified atom stereocenters. The summed E-state index contributed by atoms with van der Waals surface area (Å²) in [5, 5.41) is 0.912. The van der Waals surface area contributed by atoms with Crippen molar-refractivity contribution in [1.82, 2.24) is 0 Å². The third-order valence-corrected chi connectivity index (χ3v) is 10.1. The second kappa shape index (κ2) is 11.9. The van der Waals surface area contributed by atoms with E-state index in [0.717, 1.165) is 27.8 Å². The molecule has 3 rings (SSSR count). The Bertz CT molecular complexity index is 1150. The first kappa shape index (κ1) is 31.6. The van der Waals surface area contributed by atoms with Crippen LogP contribution in [0.3, 0.4) is 0 Å². The van der Waals surface area contributed by atoms with Crippen LogP contribution in [0.1, 0.15) is 31.4 Å². The lowest BCUT2D eigenvalue weighted by atomic mass is 9.70. The lowest BCUT2D eigenvalue weighted by molar-refractivity contribution is -0.178. The van der Waals surface area contributed by atoms with E-state index >= 15 is 0 Å². The van der Waals surface area contributed by atoms with Crippen LogP contribution in [0, 0.1) is 5.92 Å². The van der Waals surface area contributed by atoms with Crippen LogP contribution in [-0.2, 0) is 35.3 Å². The molecule has 1 heterocycles. The lowest BCUT2D eigenvalue weighted by Crippen LogP contribution is -2.62. The molecule has 0 bridgehead atoms. The maximum absolute atomic E-state index is 13.9. The summed E-state index contributed by atoms with van der Waals surface area (Å²) in [4.78, 5) is 13.9. The topological polar surface area (TPSA) is 67.1 Å². The molecule has 216 valence electrons. The van der Waals surface area contributed by atoms with E-state index < -0.39 is 42.3 Å². The average Bonchev–Trinajstić information content (AvgIpc) is 3.31. The van der Waals surface area contributed by atoms with E-state index in [0.29, 0.717) is 19.6 Å². The first-order chi connectivity index (χ1) is 18.0. The normalized spacial score (nSPS) is 22.6. The quantitative estimate of drug-likeness (QED) is 0.205. The average molecular weight is 589 g/mol. The maximum atomic E-state index is 13.9. The van der Waals surface area contributed by atoms with Crippen molar-refractivity contribution in [2.45, 2.75) is 97.5 Å². The molecule has 1 aromatic heterocycles. The first-order valence-corrected chi connectivity index (χ1v) is 24.3. The molecule has 0 spiro atoms. The van der Waals surface area contributed by atoms with E-state index in [1.807, 2.05) is 50.2 Å². The summed E-state index contributed by atoms with van der Waals surface area (Å²) in [5.74, 6) is -0.114.